The average molecular weight is 245 g/mol. The van der Waals surface area contributed by atoms with E-state index in [1.165, 1.54) is 28.7 Å². The Bertz CT molecular complexity index is 382. The van der Waals surface area contributed by atoms with Crippen LogP contribution in [0.5, 0.6) is 0 Å². The first-order chi connectivity index (χ1) is 8.52. The lowest BCUT2D eigenvalue weighted by molar-refractivity contribution is 0.657. The fourth-order valence-corrected chi connectivity index (χ4v) is 2.14. The van der Waals surface area contributed by atoms with Crippen molar-refractivity contribution in [1.82, 2.24) is 5.32 Å². The van der Waals surface area contributed by atoms with Gasteiger partial charge in [-0.3, -0.25) is 0 Å². The van der Waals surface area contributed by atoms with Gasteiger partial charge in [-0.1, -0.05) is 61.7 Å². The molecule has 0 unspecified atom stereocenters. The van der Waals surface area contributed by atoms with Crippen LogP contribution in [0.25, 0.3) is 6.08 Å². The molecule has 1 N–H and O–H groups in total. The van der Waals surface area contributed by atoms with Gasteiger partial charge in [0, 0.05) is 6.54 Å². The van der Waals surface area contributed by atoms with Gasteiger partial charge in [-0.15, -0.1) is 0 Å². The maximum Gasteiger partial charge on any atom is 0.0170 e. The van der Waals surface area contributed by atoms with Crippen molar-refractivity contribution in [1.29, 1.82) is 0 Å². The molecule has 0 aromatic heterocycles. The molecule has 18 heavy (non-hydrogen) atoms. The van der Waals surface area contributed by atoms with Gasteiger partial charge in [-0.05, 0) is 38.3 Å². The van der Waals surface area contributed by atoms with Crippen LogP contribution >= 0.6 is 0 Å². The Hall–Kier alpha value is -1.08. The smallest absolute Gasteiger partial charge is 0.0170 e. The monoisotopic (exact) mass is 245 g/mol. The zero-order valence-corrected chi connectivity index (χ0v) is 12.5. The molecule has 0 amide bonds. The Morgan fingerprint density at radius 1 is 1.17 bits per heavy atom. The third kappa shape index (κ3) is 5.05. The van der Waals surface area contributed by atoms with Crippen molar-refractivity contribution in [3.63, 3.8) is 0 Å². The van der Waals surface area contributed by atoms with Crippen molar-refractivity contribution in [2.75, 3.05) is 13.1 Å². The van der Waals surface area contributed by atoms with E-state index in [2.05, 4.69) is 64.2 Å². The number of nitrogens with one attached hydrogen (secondary N) is 1. The molecule has 0 fully saturated rings. The first-order valence-corrected chi connectivity index (χ1v) is 7.02. The molecule has 0 aliphatic rings. The molecule has 0 aliphatic heterocycles. The zero-order chi connectivity index (χ0) is 13.5. The van der Waals surface area contributed by atoms with E-state index in [0.29, 0.717) is 5.92 Å². The number of aryl methyl sites for hydroxylation is 2. The molecule has 100 valence electrons. The van der Waals surface area contributed by atoms with Crippen LogP contribution in [-0.4, -0.2) is 13.1 Å². The highest BCUT2D eigenvalue weighted by Gasteiger charge is 2.03. The summed E-state index contributed by atoms with van der Waals surface area (Å²) in [7, 11) is 0. The molecule has 0 aliphatic carbocycles. The van der Waals surface area contributed by atoms with Gasteiger partial charge in [0.15, 0.2) is 0 Å². The number of rotatable bonds is 6. The van der Waals surface area contributed by atoms with E-state index in [9.17, 15) is 0 Å². The normalized spacial score (nSPS) is 12.2. The number of hydrogen-bond acceptors (Lipinski definition) is 1. The average Bonchev–Trinajstić information content (AvgIpc) is 2.26. The van der Waals surface area contributed by atoms with Crippen LogP contribution in [-0.2, 0) is 0 Å². The lowest BCUT2D eigenvalue weighted by Crippen LogP contribution is -2.19. The van der Waals surface area contributed by atoms with Gasteiger partial charge in [0.25, 0.3) is 0 Å². The Kier molecular flexibility index (Phi) is 6.14. The minimum Gasteiger partial charge on any atom is -0.313 e. The summed E-state index contributed by atoms with van der Waals surface area (Å²) in [6, 6.07) is 6.74. The number of hydrogen-bond donors (Lipinski definition) is 1. The summed E-state index contributed by atoms with van der Waals surface area (Å²) in [4.78, 5) is 0. The molecule has 1 rings (SSSR count). The van der Waals surface area contributed by atoms with E-state index in [0.717, 1.165) is 13.1 Å². The highest BCUT2D eigenvalue weighted by molar-refractivity contribution is 5.55. The summed E-state index contributed by atoms with van der Waals surface area (Å²) in [6.45, 7) is 13.2. The number of benzene rings is 1. The van der Waals surface area contributed by atoms with Crippen molar-refractivity contribution in [2.24, 2.45) is 5.92 Å². The molecule has 0 atom stereocenters. The van der Waals surface area contributed by atoms with Gasteiger partial charge in [-0.2, -0.15) is 0 Å². The van der Waals surface area contributed by atoms with Crippen LogP contribution in [0, 0.1) is 19.8 Å². The van der Waals surface area contributed by atoms with Crippen LogP contribution in [0.2, 0.25) is 0 Å². The van der Waals surface area contributed by atoms with Crippen LogP contribution in [0.15, 0.2) is 23.8 Å². The fraction of sp³-hybridized carbons (Fsp3) is 0.529. The van der Waals surface area contributed by atoms with Crippen LogP contribution in [0.4, 0.5) is 0 Å². The van der Waals surface area contributed by atoms with E-state index >= 15 is 0 Å². The van der Waals surface area contributed by atoms with Crippen molar-refractivity contribution >= 4 is 6.08 Å². The molecule has 0 radical (unpaired) electrons. The summed E-state index contributed by atoms with van der Waals surface area (Å²) < 4.78 is 0. The summed E-state index contributed by atoms with van der Waals surface area (Å²) >= 11 is 0. The Morgan fingerprint density at radius 2 is 1.78 bits per heavy atom. The second-order valence-electron chi connectivity index (χ2n) is 5.47. The van der Waals surface area contributed by atoms with Gasteiger partial charge in [-0.25, -0.2) is 0 Å². The fourth-order valence-electron chi connectivity index (χ4n) is 2.14. The molecule has 1 aromatic rings. The molecule has 1 aromatic carbocycles. The molecule has 0 saturated heterocycles. The Labute approximate surface area is 112 Å². The van der Waals surface area contributed by atoms with Gasteiger partial charge < -0.3 is 5.32 Å². The first-order valence-electron chi connectivity index (χ1n) is 7.02. The van der Waals surface area contributed by atoms with E-state index in [1.807, 2.05) is 0 Å². The topological polar surface area (TPSA) is 12.0 Å². The van der Waals surface area contributed by atoms with Gasteiger partial charge in [0.05, 0.1) is 0 Å². The van der Waals surface area contributed by atoms with Crippen molar-refractivity contribution in [2.45, 2.75) is 41.0 Å². The lowest BCUT2D eigenvalue weighted by Gasteiger charge is -2.13. The standard InChI is InChI=1S/C17H27N/c1-6-7-18-12-17(13(2)3)11-16-9-14(4)8-15(5)10-16/h8-11,13,18H,6-7,12H2,1-5H3. The second-order valence-corrected chi connectivity index (χ2v) is 5.47. The van der Waals surface area contributed by atoms with Crippen molar-refractivity contribution in [3.05, 3.63) is 40.5 Å². The summed E-state index contributed by atoms with van der Waals surface area (Å²) in [5.41, 5.74) is 5.49. The Morgan fingerprint density at radius 3 is 2.28 bits per heavy atom. The summed E-state index contributed by atoms with van der Waals surface area (Å²) in [5, 5.41) is 3.50. The van der Waals surface area contributed by atoms with E-state index in [4.69, 9.17) is 0 Å². The predicted octanol–water partition coefficient (Wildman–Crippen LogP) is 4.34. The summed E-state index contributed by atoms with van der Waals surface area (Å²) in [5.74, 6) is 0.593. The second kappa shape index (κ2) is 7.38. The molecule has 0 heterocycles. The van der Waals surface area contributed by atoms with Crippen LogP contribution in [0.1, 0.15) is 43.9 Å². The van der Waals surface area contributed by atoms with Gasteiger partial charge in [0.2, 0.25) is 0 Å². The molecular weight excluding hydrogens is 218 g/mol. The van der Waals surface area contributed by atoms with Crippen LogP contribution < -0.4 is 5.32 Å². The highest BCUT2D eigenvalue weighted by atomic mass is 14.8. The minimum atomic E-state index is 0.593. The molecular formula is C17H27N. The maximum atomic E-state index is 3.50. The third-order valence-corrected chi connectivity index (χ3v) is 3.09. The van der Waals surface area contributed by atoms with Gasteiger partial charge >= 0.3 is 0 Å². The van der Waals surface area contributed by atoms with Crippen molar-refractivity contribution in [3.8, 4) is 0 Å². The Balaban J connectivity index is 2.86. The van der Waals surface area contributed by atoms with E-state index in [-0.39, 0.29) is 0 Å². The molecule has 1 heteroatoms. The molecule has 0 saturated carbocycles. The molecule has 0 spiro atoms. The SMILES string of the molecule is CCCNCC(=Cc1cc(C)cc(C)c1)C(C)C. The third-order valence-electron chi connectivity index (χ3n) is 3.09. The molecule has 1 nitrogen and oxygen atoms in total. The largest absolute Gasteiger partial charge is 0.313 e. The molecule has 0 bridgehead atoms. The quantitative estimate of drug-likeness (QED) is 0.735. The lowest BCUT2D eigenvalue weighted by atomic mass is 9.98. The van der Waals surface area contributed by atoms with Gasteiger partial charge in [0.1, 0.15) is 0 Å². The van der Waals surface area contributed by atoms with Crippen LogP contribution in [0.3, 0.4) is 0 Å². The minimum absolute atomic E-state index is 0.593. The van der Waals surface area contributed by atoms with E-state index in [1.54, 1.807) is 0 Å². The van der Waals surface area contributed by atoms with E-state index < -0.39 is 0 Å². The maximum absolute atomic E-state index is 3.50. The first kappa shape index (κ1) is 15.0. The summed E-state index contributed by atoms with van der Waals surface area (Å²) in [6.07, 6.45) is 3.53. The van der Waals surface area contributed by atoms with Crippen molar-refractivity contribution < 1.29 is 0 Å². The highest BCUT2D eigenvalue weighted by Crippen LogP contribution is 2.16. The zero-order valence-electron chi connectivity index (χ0n) is 12.5. The predicted molar refractivity (Wildman–Crippen MR) is 81.9 cm³/mol.